The zero-order valence-electron chi connectivity index (χ0n) is 12.3. The average molecular weight is 306 g/mol. The summed E-state index contributed by atoms with van der Waals surface area (Å²) in [6, 6.07) is 0. The molecule has 21 heavy (non-hydrogen) atoms. The van der Waals surface area contributed by atoms with E-state index in [-0.39, 0.29) is 19.0 Å². The first-order valence-corrected chi connectivity index (χ1v) is 6.85. The highest BCUT2D eigenvalue weighted by Gasteiger charge is 2.00. The van der Waals surface area contributed by atoms with Crippen LogP contribution >= 0.6 is 0 Å². The van der Waals surface area contributed by atoms with E-state index in [1.165, 1.54) is 0 Å². The van der Waals surface area contributed by atoms with Gasteiger partial charge in [-0.15, -0.1) is 0 Å². The van der Waals surface area contributed by atoms with Gasteiger partial charge in [-0.3, -0.25) is 14.9 Å². The van der Waals surface area contributed by atoms with Gasteiger partial charge in [-0.2, -0.15) is 0 Å². The second kappa shape index (κ2) is 15.1. The van der Waals surface area contributed by atoms with Gasteiger partial charge in [0.25, 0.3) is 0 Å². The zero-order chi connectivity index (χ0) is 15.8. The molecule has 0 fully saturated rings. The minimum absolute atomic E-state index is 0.0176. The van der Waals surface area contributed by atoms with Crippen molar-refractivity contribution >= 4 is 11.8 Å². The fourth-order valence-electron chi connectivity index (χ4n) is 1.25. The van der Waals surface area contributed by atoms with Crippen LogP contribution in [0.15, 0.2) is 0 Å². The van der Waals surface area contributed by atoms with Gasteiger partial charge in [0, 0.05) is 13.1 Å². The molecule has 0 radical (unpaired) electrons. The van der Waals surface area contributed by atoms with Crippen LogP contribution in [-0.2, 0) is 23.8 Å². The molecular formula is C12H26N4O5. The van der Waals surface area contributed by atoms with Crippen LogP contribution in [-0.4, -0.2) is 77.6 Å². The second-order valence-corrected chi connectivity index (χ2v) is 4.05. The number of amides is 2. The maximum Gasteiger partial charge on any atom is 0.234 e. The summed E-state index contributed by atoms with van der Waals surface area (Å²) in [5, 5.41) is 5.24. The van der Waals surface area contributed by atoms with Crippen LogP contribution in [0.3, 0.4) is 0 Å². The average Bonchev–Trinajstić information content (AvgIpc) is 2.44. The van der Waals surface area contributed by atoms with Crippen LogP contribution in [0.2, 0.25) is 0 Å². The molecule has 2 amide bonds. The van der Waals surface area contributed by atoms with Crippen molar-refractivity contribution in [2.45, 2.75) is 0 Å². The number of rotatable bonds is 15. The summed E-state index contributed by atoms with van der Waals surface area (Å²) in [4.78, 5) is 21.7. The number of hydrogen-bond donors (Lipinski definition) is 4. The Morgan fingerprint density at radius 2 is 1.43 bits per heavy atom. The van der Waals surface area contributed by atoms with Crippen molar-refractivity contribution in [1.82, 2.24) is 10.6 Å². The van der Waals surface area contributed by atoms with Crippen LogP contribution in [0.5, 0.6) is 0 Å². The highest BCUT2D eigenvalue weighted by Crippen LogP contribution is 1.80. The van der Waals surface area contributed by atoms with E-state index in [2.05, 4.69) is 10.6 Å². The zero-order valence-corrected chi connectivity index (χ0v) is 12.3. The molecule has 0 aromatic carbocycles. The molecule has 0 aromatic rings. The highest BCUT2D eigenvalue weighted by atomic mass is 16.5. The number of carbonyl (C=O) groups excluding carboxylic acids is 2. The van der Waals surface area contributed by atoms with E-state index in [9.17, 15) is 9.59 Å². The minimum Gasteiger partial charge on any atom is -0.378 e. The van der Waals surface area contributed by atoms with E-state index >= 15 is 0 Å². The first kappa shape index (κ1) is 19.7. The summed E-state index contributed by atoms with van der Waals surface area (Å²) in [7, 11) is 0. The predicted octanol–water partition coefficient (Wildman–Crippen LogP) is -2.81. The van der Waals surface area contributed by atoms with Gasteiger partial charge >= 0.3 is 0 Å². The lowest BCUT2D eigenvalue weighted by atomic mass is 10.5. The van der Waals surface area contributed by atoms with Gasteiger partial charge in [0.15, 0.2) is 0 Å². The summed E-state index contributed by atoms with van der Waals surface area (Å²) < 4.78 is 15.6. The van der Waals surface area contributed by atoms with Crippen LogP contribution in [0.1, 0.15) is 0 Å². The van der Waals surface area contributed by atoms with E-state index in [0.29, 0.717) is 52.7 Å². The van der Waals surface area contributed by atoms with Crippen molar-refractivity contribution in [3.05, 3.63) is 0 Å². The Bertz CT molecular complexity index is 278. The third-order valence-electron chi connectivity index (χ3n) is 2.16. The fraction of sp³-hybridized carbons (Fsp3) is 0.833. The molecule has 0 bridgehead atoms. The first-order valence-electron chi connectivity index (χ1n) is 6.85. The number of ether oxygens (including phenoxy) is 3. The normalized spacial score (nSPS) is 10.5. The molecule has 0 atom stereocenters. The molecule has 0 rings (SSSR count). The van der Waals surface area contributed by atoms with Crippen LogP contribution in [0.4, 0.5) is 0 Å². The van der Waals surface area contributed by atoms with Crippen molar-refractivity contribution < 1.29 is 23.8 Å². The number of primary amides is 1. The lowest BCUT2D eigenvalue weighted by molar-refractivity contribution is -0.120. The topological polar surface area (TPSA) is 138 Å². The monoisotopic (exact) mass is 306 g/mol. The maximum atomic E-state index is 11.3. The van der Waals surface area contributed by atoms with Gasteiger partial charge in [-0.25, -0.2) is 0 Å². The Morgan fingerprint density at radius 3 is 2.00 bits per heavy atom. The van der Waals surface area contributed by atoms with E-state index < -0.39 is 5.91 Å². The molecular weight excluding hydrogens is 280 g/mol. The van der Waals surface area contributed by atoms with Crippen molar-refractivity contribution in [2.24, 2.45) is 11.5 Å². The lowest BCUT2D eigenvalue weighted by Crippen LogP contribution is -2.39. The summed E-state index contributed by atoms with van der Waals surface area (Å²) in [5.74, 6) is -0.715. The third-order valence-corrected chi connectivity index (χ3v) is 2.16. The third kappa shape index (κ3) is 16.7. The molecule has 0 saturated heterocycles. The van der Waals surface area contributed by atoms with Crippen molar-refractivity contribution in [3.63, 3.8) is 0 Å². The van der Waals surface area contributed by atoms with Crippen LogP contribution in [0.25, 0.3) is 0 Å². The number of hydrogen-bond acceptors (Lipinski definition) is 7. The summed E-state index contributed by atoms with van der Waals surface area (Å²) in [5.41, 5.74) is 10.2. The first-order chi connectivity index (χ1) is 10.2. The number of carbonyl (C=O) groups is 2. The number of nitrogens with one attached hydrogen (secondary N) is 2. The second-order valence-electron chi connectivity index (χ2n) is 4.05. The molecule has 6 N–H and O–H groups in total. The summed E-state index contributed by atoms with van der Waals surface area (Å²) in [6.45, 7) is 3.82. The molecule has 0 spiro atoms. The maximum absolute atomic E-state index is 11.3. The summed E-state index contributed by atoms with van der Waals surface area (Å²) >= 11 is 0. The molecule has 124 valence electrons. The van der Waals surface area contributed by atoms with Crippen molar-refractivity contribution in [1.29, 1.82) is 0 Å². The van der Waals surface area contributed by atoms with Gasteiger partial charge in [0.2, 0.25) is 11.8 Å². The smallest absolute Gasteiger partial charge is 0.234 e. The van der Waals surface area contributed by atoms with Gasteiger partial charge in [-0.05, 0) is 0 Å². The molecule has 0 aliphatic rings. The van der Waals surface area contributed by atoms with Crippen molar-refractivity contribution in [2.75, 3.05) is 65.8 Å². The standard InChI is InChI=1S/C12H26N4O5/c13-1-3-19-5-7-21-8-6-20-4-2-16-12(18)10-15-9-11(14)17/h15H,1-10,13H2,(H2,14,17)(H,16,18). The quantitative estimate of drug-likeness (QED) is 0.239. The van der Waals surface area contributed by atoms with Gasteiger partial charge in [0.05, 0.1) is 52.7 Å². The fourth-order valence-corrected chi connectivity index (χ4v) is 1.25. The SMILES string of the molecule is NCCOCCOCCOCCNC(=O)CNCC(N)=O. The largest absolute Gasteiger partial charge is 0.378 e. The van der Waals surface area contributed by atoms with Crippen molar-refractivity contribution in [3.8, 4) is 0 Å². The van der Waals surface area contributed by atoms with E-state index in [0.717, 1.165) is 0 Å². The molecule has 0 saturated carbocycles. The molecule has 0 aliphatic heterocycles. The Hall–Kier alpha value is -1.26. The van der Waals surface area contributed by atoms with E-state index in [1.54, 1.807) is 0 Å². The lowest BCUT2D eigenvalue weighted by Gasteiger charge is -2.07. The number of nitrogens with two attached hydrogens (primary N) is 2. The predicted molar refractivity (Wildman–Crippen MR) is 76.6 cm³/mol. The van der Waals surface area contributed by atoms with Crippen LogP contribution in [0, 0.1) is 0 Å². The van der Waals surface area contributed by atoms with Crippen LogP contribution < -0.4 is 22.1 Å². The van der Waals surface area contributed by atoms with Gasteiger partial charge in [0.1, 0.15) is 0 Å². The van der Waals surface area contributed by atoms with E-state index in [1.807, 2.05) is 0 Å². The molecule has 0 aliphatic carbocycles. The highest BCUT2D eigenvalue weighted by molar-refractivity contribution is 5.80. The Labute approximate surface area is 124 Å². The molecule has 9 heteroatoms. The minimum atomic E-state index is -0.500. The molecule has 0 aromatic heterocycles. The Kier molecular flexibility index (Phi) is 14.2. The molecule has 0 heterocycles. The Balaban J connectivity index is 3.14. The van der Waals surface area contributed by atoms with Gasteiger partial charge < -0.3 is 31.0 Å². The van der Waals surface area contributed by atoms with Gasteiger partial charge in [-0.1, -0.05) is 0 Å². The molecule has 0 unspecified atom stereocenters. The van der Waals surface area contributed by atoms with E-state index in [4.69, 9.17) is 25.7 Å². The Morgan fingerprint density at radius 1 is 0.857 bits per heavy atom. The summed E-state index contributed by atoms with van der Waals surface area (Å²) in [6.07, 6.45) is 0. The molecule has 9 nitrogen and oxygen atoms in total.